The first-order chi connectivity index (χ1) is 11.0. The first-order valence-electron chi connectivity index (χ1n) is 7.96. The highest BCUT2D eigenvalue weighted by molar-refractivity contribution is 7.11. The lowest BCUT2D eigenvalue weighted by Gasteiger charge is -2.32. The predicted octanol–water partition coefficient (Wildman–Crippen LogP) is 1.89. The number of aryl methyl sites for hydroxylation is 3. The van der Waals surface area contributed by atoms with E-state index in [9.17, 15) is 4.79 Å². The van der Waals surface area contributed by atoms with E-state index in [4.69, 9.17) is 0 Å². The minimum atomic E-state index is -0.0326. The molecule has 1 fully saturated rings. The number of piperidine rings is 1. The molecule has 124 valence electrons. The molecule has 0 aliphatic carbocycles. The number of nitrogens with zero attached hydrogens (tertiary/aromatic N) is 4. The molecule has 3 rings (SSSR count). The van der Waals surface area contributed by atoms with Gasteiger partial charge in [0, 0.05) is 37.3 Å². The summed E-state index contributed by atoms with van der Waals surface area (Å²) in [6.45, 7) is 7.02. The van der Waals surface area contributed by atoms with E-state index in [1.165, 1.54) is 4.88 Å². The van der Waals surface area contributed by atoms with Gasteiger partial charge in [-0.05, 0) is 33.2 Å². The van der Waals surface area contributed by atoms with E-state index < -0.39 is 0 Å². The molecule has 1 aliphatic heterocycles. The van der Waals surface area contributed by atoms with Crippen LogP contribution >= 0.6 is 11.3 Å². The monoisotopic (exact) mass is 333 g/mol. The van der Waals surface area contributed by atoms with E-state index in [2.05, 4.69) is 27.2 Å². The Labute approximate surface area is 140 Å². The number of likely N-dealkylation sites (tertiary alicyclic amines) is 1. The van der Waals surface area contributed by atoms with Crippen LogP contribution in [0.1, 0.15) is 38.8 Å². The third kappa shape index (κ3) is 3.97. The van der Waals surface area contributed by atoms with Crippen molar-refractivity contribution in [1.82, 2.24) is 25.0 Å². The quantitative estimate of drug-likeness (QED) is 0.928. The molecule has 1 saturated heterocycles. The van der Waals surface area contributed by atoms with Gasteiger partial charge in [-0.3, -0.25) is 14.4 Å². The molecule has 0 saturated carbocycles. The van der Waals surface area contributed by atoms with Crippen LogP contribution in [0.2, 0.25) is 0 Å². The smallest absolute Gasteiger partial charge is 0.254 e. The lowest BCUT2D eigenvalue weighted by atomic mass is 10.1. The van der Waals surface area contributed by atoms with Gasteiger partial charge >= 0.3 is 0 Å². The van der Waals surface area contributed by atoms with Crippen molar-refractivity contribution in [3.05, 3.63) is 33.5 Å². The largest absolute Gasteiger partial charge is 0.348 e. The molecule has 0 radical (unpaired) electrons. The fraction of sp³-hybridized carbons (Fsp3) is 0.562. The normalized spacial score (nSPS) is 19.0. The van der Waals surface area contributed by atoms with E-state index in [0.717, 1.165) is 43.2 Å². The maximum atomic E-state index is 12.3. The van der Waals surface area contributed by atoms with Gasteiger partial charge < -0.3 is 5.32 Å². The summed E-state index contributed by atoms with van der Waals surface area (Å²) in [6, 6.07) is 0.200. The number of aromatic nitrogens is 3. The molecule has 1 aliphatic rings. The molecular formula is C16H23N5OS. The molecule has 1 amide bonds. The van der Waals surface area contributed by atoms with Gasteiger partial charge in [0.15, 0.2) is 0 Å². The van der Waals surface area contributed by atoms with Gasteiger partial charge in [0.2, 0.25) is 0 Å². The lowest BCUT2D eigenvalue weighted by molar-refractivity contribution is 0.0901. The van der Waals surface area contributed by atoms with Crippen LogP contribution in [0.3, 0.4) is 0 Å². The molecule has 2 aromatic heterocycles. The summed E-state index contributed by atoms with van der Waals surface area (Å²) < 4.78 is 1.65. The topological polar surface area (TPSA) is 63.1 Å². The van der Waals surface area contributed by atoms with Gasteiger partial charge in [0.1, 0.15) is 0 Å². The van der Waals surface area contributed by atoms with Crippen molar-refractivity contribution in [3.8, 4) is 0 Å². The zero-order valence-electron chi connectivity index (χ0n) is 13.9. The molecule has 2 aromatic rings. The third-order valence-corrected chi connectivity index (χ3v) is 5.23. The van der Waals surface area contributed by atoms with E-state index in [0.29, 0.717) is 5.56 Å². The van der Waals surface area contributed by atoms with Crippen molar-refractivity contribution in [2.24, 2.45) is 7.05 Å². The van der Waals surface area contributed by atoms with Crippen LogP contribution in [0, 0.1) is 13.8 Å². The van der Waals surface area contributed by atoms with Crippen LogP contribution in [0.15, 0.2) is 12.4 Å². The summed E-state index contributed by atoms with van der Waals surface area (Å²) in [4.78, 5) is 20.5. The molecule has 1 unspecified atom stereocenters. The second-order valence-corrected chi connectivity index (χ2v) is 7.48. The van der Waals surface area contributed by atoms with Gasteiger partial charge in [0.05, 0.1) is 22.5 Å². The Hall–Kier alpha value is -1.73. The molecule has 23 heavy (non-hydrogen) atoms. The Morgan fingerprint density at radius 2 is 2.30 bits per heavy atom. The summed E-state index contributed by atoms with van der Waals surface area (Å²) in [6.07, 6.45) is 5.50. The SMILES string of the molecule is Cc1nc(C)c(CN2CCCC(NC(=O)c3cnn(C)c3)C2)s1. The van der Waals surface area contributed by atoms with Gasteiger partial charge in [-0.15, -0.1) is 11.3 Å². The first kappa shape index (κ1) is 16.1. The van der Waals surface area contributed by atoms with Crippen molar-refractivity contribution >= 4 is 17.2 Å². The van der Waals surface area contributed by atoms with Gasteiger partial charge in [-0.1, -0.05) is 0 Å². The maximum absolute atomic E-state index is 12.3. The lowest BCUT2D eigenvalue weighted by Crippen LogP contribution is -2.47. The molecule has 0 aromatic carbocycles. The van der Waals surface area contributed by atoms with E-state index in [1.54, 1.807) is 28.4 Å². The van der Waals surface area contributed by atoms with Crippen molar-refractivity contribution in [3.63, 3.8) is 0 Å². The minimum absolute atomic E-state index is 0.0326. The summed E-state index contributed by atoms with van der Waals surface area (Å²) in [5.41, 5.74) is 1.76. The second-order valence-electron chi connectivity index (χ2n) is 6.19. The van der Waals surface area contributed by atoms with E-state index >= 15 is 0 Å². The van der Waals surface area contributed by atoms with Crippen molar-refractivity contribution < 1.29 is 4.79 Å². The predicted molar refractivity (Wildman–Crippen MR) is 90.6 cm³/mol. The fourth-order valence-electron chi connectivity index (χ4n) is 3.05. The van der Waals surface area contributed by atoms with Crippen molar-refractivity contribution in [1.29, 1.82) is 0 Å². The van der Waals surface area contributed by atoms with E-state index in [1.807, 2.05) is 14.0 Å². The Kier molecular flexibility index (Phi) is 4.77. The van der Waals surface area contributed by atoms with E-state index in [-0.39, 0.29) is 11.9 Å². The number of hydrogen-bond acceptors (Lipinski definition) is 5. The second kappa shape index (κ2) is 6.80. The van der Waals surface area contributed by atoms with Gasteiger partial charge in [0.25, 0.3) is 5.91 Å². The molecular weight excluding hydrogens is 310 g/mol. The van der Waals surface area contributed by atoms with Crippen LogP contribution in [-0.4, -0.2) is 44.7 Å². The van der Waals surface area contributed by atoms with Gasteiger partial charge in [-0.2, -0.15) is 5.10 Å². The summed E-state index contributed by atoms with van der Waals surface area (Å²) >= 11 is 1.77. The Morgan fingerprint density at radius 3 is 2.96 bits per heavy atom. The molecule has 6 nitrogen and oxygen atoms in total. The zero-order valence-corrected chi connectivity index (χ0v) is 14.7. The minimum Gasteiger partial charge on any atom is -0.348 e. The van der Waals surface area contributed by atoms with Crippen LogP contribution < -0.4 is 5.32 Å². The number of rotatable bonds is 4. The fourth-order valence-corrected chi connectivity index (χ4v) is 4.03. The molecule has 0 bridgehead atoms. The zero-order chi connectivity index (χ0) is 16.4. The number of carbonyl (C=O) groups is 1. The van der Waals surface area contributed by atoms with Crippen LogP contribution in [0.4, 0.5) is 0 Å². The Morgan fingerprint density at radius 1 is 1.48 bits per heavy atom. The molecule has 1 atom stereocenters. The average molecular weight is 333 g/mol. The molecule has 1 N–H and O–H groups in total. The Bertz CT molecular complexity index is 692. The van der Waals surface area contributed by atoms with Crippen LogP contribution in [0.25, 0.3) is 0 Å². The van der Waals surface area contributed by atoms with Crippen LogP contribution in [0.5, 0.6) is 0 Å². The number of hydrogen-bond donors (Lipinski definition) is 1. The number of nitrogens with one attached hydrogen (secondary N) is 1. The highest BCUT2D eigenvalue weighted by atomic mass is 32.1. The first-order valence-corrected chi connectivity index (χ1v) is 8.77. The number of carbonyl (C=O) groups excluding carboxylic acids is 1. The van der Waals surface area contributed by atoms with Crippen molar-refractivity contribution in [2.45, 2.75) is 39.3 Å². The van der Waals surface area contributed by atoms with Crippen molar-refractivity contribution in [2.75, 3.05) is 13.1 Å². The molecule has 3 heterocycles. The molecule has 7 heteroatoms. The Balaban J connectivity index is 1.57. The van der Waals surface area contributed by atoms with Gasteiger partial charge in [-0.25, -0.2) is 4.98 Å². The summed E-state index contributed by atoms with van der Waals surface area (Å²) in [5.74, 6) is -0.0326. The highest BCUT2D eigenvalue weighted by Crippen LogP contribution is 2.21. The number of amides is 1. The highest BCUT2D eigenvalue weighted by Gasteiger charge is 2.23. The average Bonchev–Trinajstić information content (AvgIpc) is 3.05. The summed E-state index contributed by atoms with van der Waals surface area (Å²) in [5, 5.41) is 8.31. The van der Waals surface area contributed by atoms with Crippen LogP contribution in [-0.2, 0) is 13.6 Å². The maximum Gasteiger partial charge on any atom is 0.254 e. The third-order valence-electron chi connectivity index (χ3n) is 4.17. The summed E-state index contributed by atoms with van der Waals surface area (Å²) in [7, 11) is 1.82. The number of thiazole rings is 1. The standard InChI is InChI=1S/C16H23N5OS/c1-11-15(23-12(2)18-11)10-21-6-4-5-14(9-21)19-16(22)13-7-17-20(3)8-13/h7-8,14H,4-6,9-10H2,1-3H3,(H,19,22). The molecule has 0 spiro atoms.